The van der Waals surface area contributed by atoms with Gasteiger partial charge in [-0.1, -0.05) is 32.1 Å². The van der Waals surface area contributed by atoms with E-state index in [1.807, 2.05) is 32.9 Å². The van der Waals surface area contributed by atoms with Crippen LogP contribution in [0.4, 0.5) is 0 Å². The minimum Gasteiger partial charge on any atom is -0.350 e. The molecule has 80 valence electrons. The van der Waals surface area contributed by atoms with Crippen molar-refractivity contribution in [3.05, 3.63) is 23.8 Å². The fraction of sp³-hybridized carbons (Fsp3) is 0.583. The standard InChI is InChI=1S/C12H21NO/c1-5-8-11(9-6-2)10(4)13-12(14)7-3/h5,8-10H,6-7H2,1-4H3,(H,13,14)/b8-5-,11-9+. The Labute approximate surface area is 87.1 Å². The van der Waals surface area contributed by atoms with Gasteiger partial charge < -0.3 is 5.32 Å². The largest absolute Gasteiger partial charge is 0.350 e. The number of carbonyl (C=O) groups is 1. The van der Waals surface area contributed by atoms with Gasteiger partial charge in [0.25, 0.3) is 0 Å². The summed E-state index contributed by atoms with van der Waals surface area (Å²) in [7, 11) is 0. The molecule has 0 rings (SSSR count). The molecule has 2 nitrogen and oxygen atoms in total. The molecular formula is C12H21NO. The Bertz CT molecular complexity index is 228. The molecule has 0 heterocycles. The smallest absolute Gasteiger partial charge is 0.220 e. The molecule has 0 aliphatic heterocycles. The predicted octanol–water partition coefficient (Wildman–Crippen LogP) is 2.81. The van der Waals surface area contributed by atoms with Gasteiger partial charge in [0, 0.05) is 6.42 Å². The minimum absolute atomic E-state index is 0.101. The first-order valence-corrected chi connectivity index (χ1v) is 5.27. The van der Waals surface area contributed by atoms with E-state index in [2.05, 4.69) is 18.3 Å². The van der Waals surface area contributed by atoms with Gasteiger partial charge in [-0.25, -0.2) is 0 Å². The first-order chi connectivity index (χ1) is 6.65. The molecule has 0 bridgehead atoms. The highest BCUT2D eigenvalue weighted by atomic mass is 16.1. The van der Waals surface area contributed by atoms with Crippen LogP contribution in [0.1, 0.15) is 40.5 Å². The lowest BCUT2D eigenvalue weighted by molar-refractivity contribution is -0.121. The molecule has 1 unspecified atom stereocenters. The van der Waals surface area contributed by atoms with Crippen LogP contribution in [-0.2, 0) is 4.79 Å². The minimum atomic E-state index is 0.101. The van der Waals surface area contributed by atoms with Crippen LogP contribution < -0.4 is 5.32 Å². The summed E-state index contributed by atoms with van der Waals surface area (Å²) in [5, 5.41) is 2.94. The number of carbonyl (C=O) groups excluding carboxylic acids is 1. The van der Waals surface area contributed by atoms with E-state index in [4.69, 9.17) is 0 Å². The zero-order valence-electron chi connectivity index (χ0n) is 9.63. The summed E-state index contributed by atoms with van der Waals surface area (Å²) in [4.78, 5) is 11.2. The number of hydrogen-bond acceptors (Lipinski definition) is 1. The zero-order valence-corrected chi connectivity index (χ0v) is 9.63. The lowest BCUT2D eigenvalue weighted by atomic mass is 10.1. The van der Waals surface area contributed by atoms with Gasteiger partial charge in [-0.15, -0.1) is 0 Å². The third kappa shape index (κ3) is 4.85. The number of rotatable bonds is 5. The van der Waals surface area contributed by atoms with Crippen LogP contribution in [0.25, 0.3) is 0 Å². The lowest BCUT2D eigenvalue weighted by Gasteiger charge is -2.14. The average molecular weight is 195 g/mol. The van der Waals surface area contributed by atoms with Crippen LogP contribution in [0.3, 0.4) is 0 Å². The van der Waals surface area contributed by atoms with Crippen molar-refractivity contribution in [2.75, 3.05) is 0 Å². The zero-order chi connectivity index (χ0) is 11.0. The number of hydrogen-bond donors (Lipinski definition) is 1. The summed E-state index contributed by atoms with van der Waals surface area (Å²) in [6.45, 7) is 7.95. The van der Waals surface area contributed by atoms with E-state index < -0.39 is 0 Å². The SMILES string of the molecule is C/C=C\C(=C/CC)C(C)NC(=O)CC. The molecule has 0 saturated carbocycles. The van der Waals surface area contributed by atoms with Gasteiger partial charge in [0.1, 0.15) is 0 Å². The first-order valence-electron chi connectivity index (χ1n) is 5.27. The van der Waals surface area contributed by atoms with E-state index in [1.54, 1.807) is 0 Å². The van der Waals surface area contributed by atoms with E-state index in [9.17, 15) is 4.79 Å². The molecule has 2 heteroatoms. The summed E-state index contributed by atoms with van der Waals surface area (Å²) in [6, 6.07) is 0.110. The number of allylic oxidation sites excluding steroid dienone is 2. The van der Waals surface area contributed by atoms with Crippen LogP contribution in [0, 0.1) is 0 Å². The van der Waals surface area contributed by atoms with Crippen LogP contribution in [0.15, 0.2) is 23.8 Å². The fourth-order valence-electron chi connectivity index (χ4n) is 1.24. The predicted molar refractivity (Wildman–Crippen MR) is 61.1 cm³/mol. The molecule has 0 aromatic rings. The molecule has 0 aliphatic rings. The molecule has 0 spiro atoms. The second kappa shape index (κ2) is 7.36. The Morgan fingerprint density at radius 3 is 2.50 bits per heavy atom. The van der Waals surface area contributed by atoms with Gasteiger partial charge in [0.15, 0.2) is 0 Å². The Morgan fingerprint density at radius 1 is 1.43 bits per heavy atom. The van der Waals surface area contributed by atoms with Crippen molar-refractivity contribution in [1.82, 2.24) is 5.32 Å². The van der Waals surface area contributed by atoms with Gasteiger partial charge >= 0.3 is 0 Å². The second-order valence-corrected chi connectivity index (χ2v) is 3.26. The van der Waals surface area contributed by atoms with E-state index in [0.29, 0.717) is 6.42 Å². The maximum absolute atomic E-state index is 11.2. The molecule has 0 fully saturated rings. The molecule has 0 radical (unpaired) electrons. The normalized spacial score (nSPS) is 14.4. The summed E-state index contributed by atoms with van der Waals surface area (Å²) in [5.74, 6) is 0.101. The van der Waals surface area contributed by atoms with E-state index >= 15 is 0 Å². The maximum Gasteiger partial charge on any atom is 0.220 e. The summed E-state index contributed by atoms with van der Waals surface area (Å²) >= 11 is 0. The topological polar surface area (TPSA) is 29.1 Å². The van der Waals surface area contributed by atoms with Gasteiger partial charge in [0.2, 0.25) is 5.91 Å². The van der Waals surface area contributed by atoms with Gasteiger partial charge in [0.05, 0.1) is 6.04 Å². The quantitative estimate of drug-likeness (QED) is 0.671. The van der Waals surface area contributed by atoms with Crippen molar-refractivity contribution in [2.45, 2.75) is 46.6 Å². The third-order valence-corrected chi connectivity index (χ3v) is 2.00. The molecular weight excluding hydrogens is 174 g/mol. The third-order valence-electron chi connectivity index (χ3n) is 2.00. The Balaban J connectivity index is 4.37. The van der Waals surface area contributed by atoms with Crippen LogP contribution in [0.5, 0.6) is 0 Å². The molecule has 0 aromatic heterocycles. The van der Waals surface area contributed by atoms with Gasteiger partial charge in [-0.2, -0.15) is 0 Å². The highest BCUT2D eigenvalue weighted by Crippen LogP contribution is 2.05. The van der Waals surface area contributed by atoms with Crippen molar-refractivity contribution < 1.29 is 4.79 Å². The van der Waals surface area contributed by atoms with Crippen molar-refractivity contribution in [1.29, 1.82) is 0 Å². The Kier molecular flexibility index (Phi) is 6.81. The molecule has 1 amide bonds. The Hall–Kier alpha value is -1.05. The summed E-state index contributed by atoms with van der Waals surface area (Å²) in [6.07, 6.45) is 7.71. The van der Waals surface area contributed by atoms with Crippen LogP contribution >= 0.6 is 0 Å². The molecule has 0 saturated heterocycles. The highest BCUT2D eigenvalue weighted by Gasteiger charge is 2.07. The number of amides is 1. The summed E-state index contributed by atoms with van der Waals surface area (Å²) < 4.78 is 0. The second-order valence-electron chi connectivity index (χ2n) is 3.26. The lowest BCUT2D eigenvalue weighted by Crippen LogP contribution is -2.32. The fourth-order valence-corrected chi connectivity index (χ4v) is 1.24. The van der Waals surface area contributed by atoms with Crippen molar-refractivity contribution in [3.8, 4) is 0 Å². The molecule has 1 N–H and O–H groups in total. The van der Waals surface area contributed by atoms with Crippen molar-refractivity contribution in [3.63, 3.8) is 0 Å². The first kappa shape index (κ1) is 12.9. The number of nitrogens with one attached hydrogen (secondary N) is 1. The van der Waals surface area contributed by atoms with E-state index in [-0.39, 0.29) is 11.9 Å². The van der Waals surface area contributed by atoms with Gasteiger partial charge in [-0.05, 0) is 25.8 Å². The highest BCUT2D eigenvalue weighted by molar-refractivity contribution is 5.76. The van der Waals surface area contributed by atoms with Crippen molar-refractivity contribution in [2.24, 2.45) is 0 Å². The average Bonchev–Trinajstić information content (AvgIpc) is 2.17. The summed E-state index contributed by atoms with van der Waals surface area (Å²) in [5.41, 5.74) is 1.18. The molecule has 0 aliphatic carbocycles. The van der Waals surface area contributed by atoms with Crippen molar-refractivity contribution >= 4 is 5.91 Å². The molecule has 1 atom stereocenters. The molecule has 0 aromatic carbocycles. The maximum atomic E-state index is 11.2. The monoisotopic (exact) mass is 195 g/mol. The van der Waals surface area contributed by atoms with E-state index in [1.165, 1.54) is 5.57 Å². The van der Waals surface area contributed by atoms with E-state index in [0.717, 1.165) is 6.42 Å². The van der Waals surface area contributed by atoms with Gasteiger partial charge in [-0.3, -0.25) is 4.79 Å². The van der Waals surface area contributed by atoms with Crippen LogP contribution in [0.2, 0.25) is 0 Å². The Morgan fingerprint density at radius 2 is 2.07 bits per heavy atom. The molecule has 14 heavy (non-hydrogen) atoms. The van der Waals surface area contributed by atoms with Crippen LogP contribution in [-0.4, -0.2) is 11.9 Å².